The second-order valence-corrected chi connectivity index (χ2v) is 10.7. The van der Waals surface area contributed by atoms with Crippen LogP contribution in [0.3, 0.4) is 0 Å². The van der Waals surface area contributed by atoms with Crippen LogP contribution >= 0.6 is 0 Å². The summed E-state index contributed by atoms with van der Waals surface area (Å²) in [6, 6.07) is 12.5. The van der Waals surface area contributed by atoms with Crippen LogP contribution in [-0.2, 0) is 9.59 Å². The van der Waals surface area contributed by atoms with E-state index < -0.39 is 5.63 Å². The third kappa shape index (κ3) is 4.82. The van der Waals surface area contributed by atoms with Crippen LogP contribution in [-0.4, -0.2) is 68.1 Å². The summed E-state index contributed by atoms with van der Waals surface area (Å²) >= 11 is 0. The van der Waals surface area contributed by atoms with Crippen molar-refractivity contribution in [3.63, 3.8) is 0 Å². The van der Waals surface area contributed by atoms with Crippen LogP contribution in [0.15, 0.2) is 51.7 Å². The van der Waals surface area contributed by atoms with Crippen molar-refractivity contribution in [3.8, 4) is 28.4 Å². The fourth-order valence-electron chi connectivity index (χ4n) is 6.44. The molecular weight excluding hydrogens is 500 g/mol. The van der Waals surface area contributed by atoms with E-state index in [9.17, 15) is 14.4 Å². The van der Waals surface area contributed by atoms with E-state index in [-0.39, 0.29) is 24.5 Å². The van der Waals surface area contributed by atoms with Crippen molar-refractivity contribution in [1.29, 1.82) is 0 Å². The summed E-state index contributed by atoms with van der Waals surface area (Å²) in [5.74, 6) is 2.40. The zero-order chi connectivity index (χ0) is 27.1. The van der Waals surface area contributed by atoms with E-state index in [0.29, 0.717) is 65.3 Å². The highest BCUT2D eigenvalue weighted by Crippen LogP contribution is 2.38. The molecule has 0 spiro atoms. The van der Waals surface area contributed by atoms with E-state index in [1.165, 1.54) is 0 Å². The number of fused-ring (bicyclic) bond motifs is 5. The predicted molar refractivity (Wildman–Crippen MR) is 144 cm³/mol. The fraction of sp³-hybridized carbons (Fsp3) is 0.433. The van der Waals surface area contributed by atoms with Gasteiger partial charge in [-0.3, -0.25) is 9.59 Å². The number of methoxy groups -OCH3 is 2. The minimum atomic E-state index is -0.488. The van der Waals surface area contributed by atoms with Crippen molar-refractivity contribution in [2.45, 2.75) is 31.7 Å². The highest BCUT2D eigenvalue weighted by Gasteiger charge is 2.44. The Morgan fingerprint density at radius 2 is 1.85 bits per heavy atom. The quantitative estimate of drug-likeness (QED) is 0.447. The maximum atomic E-state index is 13.1. The van der Waals surface area contributed by atoms with E-state index in [1.54, 1.807) is 50.6 Å². The number of nitrogens with zero attached hydrogens (tertiary/aromatic N) is 2. The molecule has 3 aliphatic rings. The van der Waals surface area contributed by atoms with Crippen molar-refractivity contribution < 1.29 is 28.2 Å². The number of hydrogen-bond donors (Lipinski definition) is 0. The third-order valence-electron chi connectivity index (χ3n) is 8.30. The first-order valence-electron chi connectivity index (χ1n) is 13.4. The second kappa shape index (κ2) is 10.3. The number of amides is 2. The average Bonchev–Trinajstić information content (AvgIpc) is 2.95. The lowest BCUT2D eigenvalue weighted by Crippen LogP contribution is -2.61. The predicted octanol–water partition coefficient (Wildman–Crippen LogP) is 3.72. The number of likely N-dealkylation sites (tertiary alicyclic amines) is 1. The molecule has 0 saturated carbocycles. The van der Waals surface area contributed by atoms with Crippen LogP contribution < -0.4 is 19.8 Å². The van der Waals surface area contributed by atoms with Crippen molar-refractivity contribution in [2.75, 3.05) is 40.5 Å². The molecule has 2 aromatic carbocycles. The Kier molecular flexibility index (Phi) is 6.66. The van der Waals surface area contributed by atoms with Gasteiger partial charge in [0.25, 0.3) is 5.91 Å². The summed E-state index contributed by atoms with van der Waals surface area (Å²) in [5.41, 5.74) is 0.948. The van der Waals surface area contributed by atoms with Gasteiger partial charge in [-0.2, -0.15) is 0 Å². The van der Waals surface area contributed by atoms with Gasteiger partial charge in [0.05, 0.1) is 19.8 Å². The Hall–Kier alpha value is -4.01. The van der Waals surface area contributed by atoms with E-state index in [4.69, 9.17) is 18.6 Å². The van der Waals surface area contributed by atoms with E-state index in [2.05, 4.69) is 4.90 Å². The standard InChI is InChI=1S/C30H32N2O7/c1-36-25-9-7-19(12-27(25)37-2)23-11-20-6-8-22(13-26(20)39-30(23)35)38-17-29(34)31-14-18-10-21(16-31)24-4-3-5-28(33)32(24)15-18/h6-9,11-13,18,21,24H,3-5,10,14-17H2,1-2H3/t18-,21+,24?/m1/s1. The van der Waals surface area contributed by atoms with Crippen LogP contribution in [0.4, 0.5) is 0 Å². The molecule has 0 aliphatic carbocycles. The highest BCUT2D eigenvalue weighted by atomic mass is 16.5. The largest absolute Gasteiger partial charge is 0.493 e. The summed E-state index contributed by atoms with van der Waals surface area (Å²) in [4.78, 5) is 42.2. The van der Waals surface area contributed by atoms with Gasteiger partial charge in [-0.05, 0) is 67.0 Å². The lowest BCUT2D eigenvalue weighted by Gasteiger charge is -2.52. The van der Waals surface area contributed by atoms with Crippen molar-refractivity contribution in [3.05, 3.63) is 52.9 Å². The smallest absolute Gasteiger partial charge is 0.344 e. The molecule has 3 fully saturated rings. The van der Waals surface area contributed by atoms with Crippen molar-refractivity contribution >= 4 is 22.8 Å². The molecule has 6 rings (SSSR count). The fourth-order valence-corrected chi connectivity index (χ4v) is 6.44. The van der Waals surface area contributed by atoms with Crippen LogP contribution in [0, 0.1) is 11.8 Å². The molecule has 3 saturated heterocycles. The van der Waals surface area contributed by atoms with Gasteiger partial charge in [0.2, 0.25) is 5.91 Å². The Morgan fingerprint density at radius 3 is 2.67 bits per heavy atom. The van der Waals surface area contributed by atoms with E-state index in [0.717, 1.165) is 31.2 Å². The third-order valence-corrected chi connectivity index (χ3v) is 8.30. The van der Waals surface area contributed by atoms with Gasteiger partial charge >= 0.3 is 5.63 Å². The Balaban J connectivity index is 1.14. The molecule has 9 nitrogen and oxygen atoms in total. The molecule has 204 valence electrons. The molecule has 2 amide bonds. The minimum Gasteiger partial charge on any atom is -0.493 e. The number of hydrogen-bond acceptors (Lipinski definition) is 7. The second-order valence-electron chi connectivity index (χ2n) is 10.7. The maximum Gasteiger partial charge on any atom is 0.344 e. The van der Waals surface area contributed by atoms with Crippen molar-refractivity contribution in [2.24, 2.45) is 11.8 Å². The summed E-state index contributed by atoms with van der Waals surface area (Å²) in [7, 11) is 3.10. The first kappa shape index (κ1) is 25.3. The topological polar surface area (TPSA) is 98.5 Å². The lowest BCUT2D eigenvalue weighted by atomic mass is 9.76. The van der Waals surface area contributed by atoms with Gasteiger partial charge in [-0.1, -0.05) is 6.07 Å². The Bertz CT molecular complexity index is 1480. The van der Waals surface area contributed by atoms with E-state index >= 15 is 0 Å². The number of rotatable bonds is 6. The van der Waals surface area contributed by atoms with Gasteiger partial charge < -0.3 is 28.4 Å². The molecule has 0 radical (unpaired) electrons. The number of piperidine rings is 3. The summed E-state index contributed by atoms with van der Waals surface area (Å²) in [6.07, 6.45) is 3.69. The lowest BCUT2D eigenvalue weighted by molar-refractivity contribution is -0.149. The van der Waals surface area contributed by atoms with Crippen LogP contribution in [0.1, 0.15) is 25.7 Å². The molecular formula is C30H32N2O7. The van der Waals surface area contributed by atoms with Gasteiger partial charge in [0.1, 0.15) is 11.3 Å². The molecule has 3 atom stereocenters. The zero-order valence-electron chi connectivity index (χ0n) is 22.2. The molecule has 1 unspecified atom stereocenters. The molecule has 1 aromatic heterocycles. The first-order valence-corrected chi connectivity index (χ1v) is 13.4. The first-order chi connectivity index (χ1) is 18.9. The molecule has 3 aliphatic heterocycles. The van der Waals surface area contributed by atoms with Gasteiger partial charge in [0, 0.05) is 43.5 Å². The molecule has 3 aromatic rings. The Morgan fingerprint density at radius 1 is 1.00 bits per heavy atom. The Labute approximate surface area is 226 Å². The summed E-state index contributed by atoms with van der Waals surface area (Å²) < 4.78 is 22.1. The average molecular weight is 533 g/mol. The van der Waals surface area contributed by atoms with Gasteiger partial charge in [-0.25, -0.2) is 4.79 Å². The normalized spacial score (nSPS) is 22.4. The van der Waals surface area contributed by atoms with Crippen molar-refractivity contribution in [1.82, 2.24) is 9.80 Å². The van der Waals surface area contributed by atoms with Crippen LogP contribution in [0.5, 0.6) is 17.2 Å². The number of benzene rings is 2. The summed E-state index contributed by atoms with van der Waals surface area (Å²) in [6.45, 7) is 1.98. The zero-order valence-corrected chi connectivity index (χ0v) is 22.2. The maximum absolute atomic E-state index is 13.1. The molecule has 9 heteroatoms. The number of ether oxygens (including phenoxy) is 3. The summed E-state index contributed by atoms with van der Waals surface area (Å²) in [5, 5.41) is 0.730. The van der Waals surface area contributed by atoms with Crippen LogP contribution in [0.25, 0.3) is 22.1 Å². The molecule has 39 heavy (non-hydrogen) atoms. The molecule has 0 N–H and O–H groups in total. The van der Waals surface area contributed by atoms with Gasteiger partial charge in [0.15, 0.2) is 18.1 Å². The molecule has 2 bridgehead atoms. The highest BCUT2D eigenvalue weighted by molar-refractivity contribution is 5.83. The van der Waals surface area contributed by atoms with Crippen LogP contribution in [0.2, 0.25) is 0 Å². The van der Waals surface area contributed by atoms with E-state index in [1.807, 2.05) is 11.0 Å². The number of carbonyl (C=O) groups excluding carboxylic acids is 2. The number of carbonyl (C=O) groups is 2. The molecule has 4 heterocycles. The van der Waals surface area contributed by atoms with Gasteiger partial charge in [-0.15, -0.1) is 0 Å². The monoisotopic (exact) mass is 532 g/mol. The minimum absolute atomic E-state index is 0.0642. The SMILES string of the molecule is COc1ccc(-c2cc3ccc(OCC(=O)N4C[C@H]5C[C@@H](C4)C4CCCC(=O)N4C5)cc3oc2=O)cc1OC.